The van der Waals surface area contributed by atoms with E-state index < -0.39 is 0 Å². The Morgan fingerprint density at radius 2 is 1.55 bits per heavy atom. The van der Waals surface area contributed by atoms with Crippen LogP contribution < -0.4 is 10.2 Å². The zero-order chi connectivity index (χ0) is 13.1. The molecule has 20 heavy (non-hydrogen) atoms. The van der Waals surface area contributed by atoms with Crippen LogP contribution >= 0.6 is 24.0 Å². The Balaban J connectivity index is 0.00000147. The Kier molecular flexibility index (Phi) is 5.17. The van der Waals surface area contributed by atoms with E-state index in [0.717, 1.165) is 48.3 Å². The number of aromatic nitrogens is 2. The summed E-state index contributed by atoms with van der Waals surface area (Å²) < 4.78 is 0. The third-order valence-corrected chi connectivity index (χ3v) is 3.47. The molecule has 4 nitrogen and oxygen atoms in total. The van der Waals surface area contributed by atoms with E-state index in [0.29, 0.717) is 0 Å². The second-order valence-electron chi connectivity index (χ2n) is 4.52. The van der Waals surface area contributed by atoms with Crippen LogP contribution in [0, 0.1) is 0 Å². The Hall–Kier alpha value is -1.36. The van der Waals surface area contributed by atoms with Gasteiger partial charge in [0.15, 0.2) is 0 Å². The zero-order valence-corrected chi connectivity index (χ0v) is 12.5. The number of rotatable bonds is 2. The van der Waals surface area contributed by atoms with Crippen LogP contribution in [0.15, 0.2) is 36.7 Å². The molecular formula is C14H16Cl2N4. The molecule has 106 valence electrons. The van der Waals surface area contributed by atoms with Crippen molar-refractivity contribution < 1.29 is 0 Å². The molecule has 1 aliphatic rings. The summed E-state index contributed by atoms with van der Waals surface area (Å²) in [5.74, 6) is 0.805. The van der Waals surface area contributed by atoms with Gasteiger partial charge in [-0.1, -0.05) is 23.7 Å². The van der Waals surface area contributed by atoms with Gasteiger partial charge in [0.05, 0.1) is 0 Å². The first-order chi connectivity index (χ1) is 9.33. The first kappa shape index (κ1) is 15.0. The van der Waals surface area contributed by atoms with Gasteiger partial charge in [-0.2, -0.15) is 0 Å². The van der Waals surface area contributed by atoms with Crippen LogP contribution in [-0.2, 0) is 0 Å². The fourth-order valence-electron chi connectivity index (χ4n) is 2.14. The quantitative estimate of drug-likeness (QED) is 0.926. The highest BCUT2D eigenvalue weighted by molar-refractivity contribution is 6.30. The Bertz CT molecular complexity index is 536. The molecule has 0 atom stereocenters. The van der Waals surface area contributed by atoms with Crippen LogP contribution in [0.5, 0.6) is 0 Å². The maximum atomic E-state index is 5.88. The molecule has 1 aromatic carbocycles. The standard InChI is InChI=1S/C14H15ClN4.ClH/c15-13-3-1-11(2-4-13)12-9-17-14(18-10-12)19-7-5-16-6-8-19;/h1-4,9-10,16H,5-8H2;1H. The van der Waals surface area contributed by atoms with E-state index in [1.165, 1.54) is 0 Å². The Morgan fingerprint density at radius 3 is 2.15 bits per heavy atom. The number of anilines is 1. The van der Waals surface area contributed by atoms with Crippen molar-refractivity contribution in [2.24, 2.45) is 0 Å². The number of hydrogen-bond donors (Lipinski definition) is 1. The number of nitrogens with one attached hydrogen (secondary N) is 1. The highest BCUT2D eigenvalue weighted by atomic mass is 35.5. The van der Waals surface area contributed by atoms with E-state index >= 15 is 0 Å². The van der Waals surface area contributed by atoms with Gasteiger partial charge in [0.1, 0.15) is 0 Å². The van der Waals surface area contributed by atoms with Gasteiger partial charge in [-0.15, -0.1) is 12.4 Å². The molecule has 1 N–H and O–H groups in total. The number of benzene rings is 1. The van der Waals surface area contributed by atoms with E-state index in [2.05, 4.69) is 20.2 Å². The lowest BCUT2D eigenvalue weighted by Crippen LogP contribution is -2.44. The van der Waals surface area contributed by atoms with E-state index in [4.69, 9.17) is 11.6 Å². The Morgan fingerprint density at radius 1 is 0.950 bits per heavy atom. The summed E-state index contributed by atoms with van der Waals surface area (Å²) in [4.78, 5) is 11.1. The minimum absolute atomic E-state index is 0. The van der Waals surface area contributed by atoms with Crippen molar-refractivity contribution in [3.05, 3.63) is 41.7 Å². The third kappa shape index (κ3) is 3.39. The van der Waals surface area contributed by atoms with Gasteiger partial charge in [0.2, 0.25) is 5.95 Å². The second kappa shape index (κ2) is 6.88. The summed E-state index contributed by atoms with van der Waals surface area (Å²) in [6.07, 6.45) is 3.74. The van der Waals surface area contributed by atoms with Crippen molar-refractivity contribution in [3.63, 3.8) is 0 Å². The van der Waals surface area contributed by atoms with E-state index in [1.807, 2.05) is 36.7 Å². The molecule has 0 spiro atoms. The molecular weight excluding hydrogens is 295 g/mol. The van der Waals surface area contributed by atoms with Crippen LogP contribution in [0.2, 0.25) is 5.02 Å². The Labute approximate surface area is 129 Å². The van der Waals surface area contributed by atoms with Gasteiger partial charge < -0.3 is 10.2 Å². The molecule has 0 radical (unpaired) electrons. The molecule has 1 fully saturated rings. The molecule has 6 heteroatoms. The lowest BCUT2D eigenvalue weighted by Gasteiger charge is -2.27. The SMILES string of the molecule is Cl.Clc1ccc(-c2cnc(N3CCNCC3)nc2)cc1. The second-order valence-corrected chi connectivity index (χ2v) is 4.95. The monoisotopic (exact) mass is 310 g/mol. The fraction of sp³-hybridized carbons (Fsp3) is 0.286. The molecule has 0 unspecified atom stereocenters. The maximum absolute atomic E-state index is 5.88. The van der Waals surface area contributed by atoms with Crippen LogP contribution in [0.25, 0.3) is 11.1 Å². The van der Waals surface area contributed by atoms with Gasteiger partial charge in [-0.25, -0.2) is 9.97 Å². The first-order valence-electron chi connectivity index (χ1n) is 6.36. The summed E-state index contributed by atoms with van der Waals surface area (Å²) in [6.45, 7) is 3.89. The lowest BCUT2D eigenvalue weighted by molar-refractivity contribution is 0.580. The maximum Gasteiger partial charge on any atom is 0.225 e. The number of hydrogen-bond acceptors (Lipinski definition) is 4. The average Bonchev–Trinajstić information content (AvgIpc) is 2.49. The summed E-state index contributed by atoms with van der Waals surface area (Å²) >= 11 is 5.88. The molecule has 2 heterocycles. The van der Waals surface area contributed by atoms with Crippen molar-refractivity contribution in [3.8, 4) is 11.1 Å². The molecule has 0 bridgehead atoms. The van der Waals surface area contributed by atoms with Gasteiger partial charge in [-0.3, -0.25) is 0 Å². The average molecular weight is 311 g/mol. The molecule has 0 saturated carbocycles. The predicted octanol–water partition coefficient (Wildman–Crippen LogP) is 2.63. The highest BCUT2D eigenvalue weighted by Gasteiger charge is 2.12. The van der Waals surface area contributed by atoms with Gasteiger partial charge in [0, 0.05) is 49.2 Å². The molecule has 1 aromatic heterocycles. The van der Waals surface area contributed by atoms with Crippen molar-refractivity contribution in [1.82, 2.24) is 15.3 Å². The largest absolute Gasteiger partial charge is 0.338 e. The van der Waals surface area contributed by atoms with Crippen molar-refractivity contribution >= 4 is 30.0 Å². The molecule has 0 amide bonds. The molecule has 1 saturated heterocycles. The predicted molar refractivity (Wildman–Crippen MR) is 84.8 cm³/mol. The van der Waals surface area contributed by atoms with E-state index in [9.17, 15) is 0 Å². The minimum atomic E-state index is 0. The van der Waals surface area contributed by atoms with E-state index in [-0.39, 0.29) is 12.4 Å². The normalized spacial score (nSPS) is 14.8. The molecule has 0 aliphatic carbocycles. The highest BCUT2D eigenvalue weighted by Crippen LogP contribution is 2.21. The van der Waals surface area contributed by atoms with Crippen LogP contribution in [0.1, 0.15) is 0 Å². The fourth-order valence-corrected chi connectivity index (χ4v) is 2.27. The van der Waals surface area contributed by atoms with Gasteiger partial charge in [-0.05, 0) is 17.7 Å². The van der Waals surface area contributed by atoms with Crippen LogP contribution in [-0.4, -0.2) is 36.1 Å². The summed E-state index contributed by atoms with van der Waals surface area (Å²) in [7, 11) is 0. The van der Waals surface area contributed by atoms with Crippen molar-refractivity contribution in [1.29, 1.82) is 0 Å². The van der Waals surface area contributed by atoms with Crippen molar-refractivity contribution in [2.75, 3.05) is 31.1 Å². The first-order valence-corrected chi connectivity index (χ1v) is 6.74. The topological polar surface area (TPSA) is 41.1 Å². The summed E-state index contributed by atoms with van der Waals surface area (Å²) in [5.41, 5.74) is 2.09. The lowest BCUT2D eigenvalue weighted by atomic mass is 10.1. The van der Waals surface area contributed by atoms with Crippen molar-refractivity contribution in [2.45, 2.75) is 0 Å². The van der Waals surface area contributed by atoms with Gasteiger partial charge in [0.25, 0.3) is 0 Å². The number of piperazine rings is 1. The van der Waals surface area contributed by atoms with Crippen LogP contribution in [0.3, 0.4) is 0 Å². The van der Waals surface area contributed by atoms with Gasteiger partial charge >= 0.3 is 0 Å². The zero-order valence-electron chi connectivity index (χ0n) is 10.9. The smallest absolute Gasteiger partial charge is 0.225 e. The summed E-state index contributed by atoms with van der Waals surface area (Å²) in [5, 5.41) is 4.06. The number of halogens is 2. The number of nitrogens with zero attached hydrogens (tertiary/aromatic N) is 3. The van der Waals surface area contributed by atoms with Crippen LogP contribution in [0.4, 0.5) is 5.95 Å². The molecule has 1 aliphatic heterocycles. The van der Waals surface area contributed by atoms with E-state index in [1.54, 1.807) is 0 Å². The third-order valence-electron chi connectivity index (χ3n) is 3.22. The minimum Gasteiger partial charge on any atom is -0.338 e. The molecule has 2 aromatic rings. The summed E-state index contributed by atoms with van der Waals surface area (Å²) in [6, 6.07) is 7.71. The molecule has 3 rings (SSSR count).